The third-order valence-electron chi connectivity index (χ3n) is 2.78. The van der Waals surface area contributed by atoms with E-state index in [2.05, 4.69) is 5.10 Å². The van der Waals surface area contributed by atoms with Crippen LogP contribution < -0.4 is 34.7 Å². The van der Waals surface area contributed by atoms with E-state index in [1.54, 1.807) is 30.1 Å². The number of carbonyl (C=O) groups is 2. The van der Waals surface area contributed by atoms with E-state index in [0.29, 0.717) is 11.3 Å². The number of aliphatic carboxylic acids is 1. The summed E-state index contributed by atoms with van der Waals surface area (Å²) in [5.41, 5.74) is 1.18. The standard InChI is InChI=1S/C11H9N3O3S.Na/c1-13-3-2-6(12-13)4-7-9(15)14-8(11(16)17)5-18-10(7)14;/h2-5,10H,1H3,(H,16,17);/q;+1/p-1/b7-4-;/t10-;/m1./s1. The molecule has 1 fully saturated rings. The second-order valence-electron chi connectivity index (χ2n) is 3.97. The number of aryl methyl sites for hydroxylation is 1. The Bertz CT molecular complexity index is 622. The molecule has 6 nitrogen and oxygen atoms in total. The number of carbonyl (C=O) groups excluding carboxylic acids is 2. The van der Waals surface area contributed by atoms with Gasteiger partial charge in [0.15, 0.2) is 0 Å². The van der Waals surface area contributed by atoms with Crippen LogP contribution in [0.4, 0.5) is 0 Å². The summed E-state index contributed by atoms with van der Waals surface area (Å²) in [6, 6.07) is 1.79. The summed E-state index contributed by atoms with van der Waals surface area (Å²) in [6.07, 6.45) is 3.46. The molecule has 19 heavy (non-hydrogen) atoms. The predicted molar refractivity (Wildman–Crippen MR) is 62.5 cm³/mol. The summed E-state index contributed by atoms with van der Waals surface area (Å²) in [6.45, 7) is 0. The van der Waals surface area contributed by atoms with Crippen LogP contribution in [0.5, 0.6) is 0 Å². The van der Waals surface area contributed by atoms with Crippen molar-refractivity contribution in [2.24, 2.45) is 7.05 Å². The van der Waals surface area contributed by atoms with E-state index in [9.17, 15) is 14.7 Å². The van der Waals surface area contributed by atoms with Crippen LogP contribution in [0.1, 0.15) is 5.69 Å². The van der Waals surface area contributed by atoms with Gasteiger partial charge in [-0.2, -0.15) is 5.10 Å². The first-order chi connectivity index (χ1) is 8.58. The van der Waals surface area contributed by atoms with Gasteiger partial charge in [-0.1, -0.05) is 0 Å². The van der Waals surface area contributed by atoms with Crippen LogP contribution in [0.25, 0.3) is 6.08 Å². The number of fused-ring (bicyclic) bond motifs is 1. The van der Waals surface area contributed by atoms with Gasteiger partial charge in [0.05, 0.1) is 22.9 Å². The molecule has 0 bridgehead atoms. The van der Waals surface area contributed by atoms with Gasteiger partial charge in [-0.15, -0.1) is 11.8 Å². The second-order valence-corrected chi connectivity index (χ2v) is 4.92. The maximum Gasteiger partial charge on any atom is 1.00 e. The molecule has 0 spiro atoms. The van der Waals surface area contributed by atoms with E-state index in [0.717, 1.165) is 0 Å². The molecule has 0 aliphatic carbocycles. The summed E-state index contributed by atoms with van der Waals surface area (Å²) in [7, 11) is 1.79. The number of hydrogen-bond donors (Lipinski definition) is 0. The van der Waals surface area contributed by atoms with Crippen LogP contribution in [0.15, 0.2) is 28.9 Å². The van der Waals surface area contributed by atoms with Gasteiger partial charge in [0.2, 0.25) is 0 Å². The predicted octanol–water partition coefficient (Wildman–Crippen LogP) is -3.69. The molecule has 0 radical (unpaired) electrons. The molecular formula is C11H8N3NaO3S. The van der Waals surface area contributed by atoms with Crippen LogP contribution >= 0.6 is 11.8 Å². The van der Waals surface area contributed by atoms with E-state index in [4.69, 9.17) is 0 Å². The Balaban J connectivity index is 0.00000133. The van der Waals surface area contributed by atoms with Gasteiger partial charge in [0.1, 0.15) is 5.37 Å². The SMILES string of the molecule is Cn1ccc(/C=C2/C(=O)N3C(C(=O)[O-])=CS[C@H]23)n1.[Na+]. The third kappa shape index (κ3) is 2.27. The number of aromatic nitrogens is 2. The van der Waals surface area contributed by atoms with E-state index < -0.39 is 5.97 Å². The van der Waals surface area contributed by atoms with Gasteiger partial charge in [-0.05, 0) is 17.6 Å². The van der Waals surface area contributed by atoms with Crippen molar-refractivity contribution in [2.75, 3.05) is 0 Å². The molecule has 2 aliphatic heterocycles. The van der Waals surface area contributed by atoms with Crippen LogP contribution in [0, 0.1) is 0 Å². The smallest absolute Gasteiger partial charge is 0.543 e. The number of carboxylic acids is 1. The first kappa shape index (κ1) is 14.4. The quantitative estimate of drug-likeness (QED) is 0.318. The van der Waals surface area contributed by atoms with Gasteiger partial charge in [-0.3, -0.25) is 14.4 Å². The molecule has 3 heterocycles. The Morgan fingerprint density at radius 3 is 2.89 bits per heavy atom. The van der Waals surface area contributed by atoms with Crippen molar-refractivity contribution < 1.29 is 44.3 Å². The molecule has 1 aromatic heterocycles. The molecule has 0 unspecified atom stereocenters. The van der Waals surface area contributed by atoms with E-state index >= 15 is 0 Å². The van der Waals surface area contributed by atoms with Gasteiger partial charge in [0, 0.05) is 13.2 Å². The summed E-state index contributed by atoms with van der Waals surface area (Å²) in [4.78, 5) is 23.9. The largest absolute Gasteiger partial charge is 1.00 e. The second kappa shape index (κ2) is 5.16. The Labute approximate surface area is 135 Å². The minimum atomic E-state index is -1.32. The maximum atomic E-state index is 11.8. The molecule has 3 rings (SSSR count). The number of β-lactam (4-membered cyclic amide) rings is 1. The monoisotopic (exact) mass is 285 g/mol. The van der Waals surface area contributed by atoms with Crippen LogP contribution in [0.2, 0.25) is 0 Å². The number of thioether (sulfide) groups is 1. The Morgan fingerprint density at radius 2 is 2.32 bits per heavy atom. The molecule has 0 aromatic carbocycles. The van der Waals surface area contributed by atoms with Gasteiger partial charge >= 0.3 is 29.6 Å². The first-order valence-corrected chi connectivity index (χ1v) is 6.14. The van der Waals surface area contributed by atoms with Crippen molar-refractivity contribution in [3.63, 3.8) is 0 Å². The van der Waals surface area contributed by atoms with Crippen molar-refractivity contribution in [3.05, 3.63) is 34.6 Å². The molecule has 1 atom stereocenters. The molecule has 0 saturated carbocycles. The topological polar surface area (TPSA) is 78.3 Å². The summed E-state index contributed by atoms with van der Waals surface area (Å²) >= 11 is 1.29. The van der Waals surface area contributed by atoms with E-state index in [1.807, 2.05) is 0 Å². The third-order valence-corrected chi connectivity index (χ3v) is 3.86. The molecular weight excluding hydrogens is 277 g/mol. The summed E-state index contributed by atoms with van der Waals surface area (Å²) in [5.74, 6) is -1.62. The fourth-order valence-corrected chi connectivity index (χ4v) is 3.04. The Morgan fingerprint density at radius 1 is 1.58 bits per heavy atom. The zero-order valence-electron chi connectivity index (χ0n) is 10.4. The average Bonchev–Trinajstić information content (AvgIpc) is 2.89. The molecule has 0 N–H and O–H groups in total. The minimum Gasteiger partial charge on any atom is -0.543 e. The first-order valence-electron chi connectivity index (χ1n) is 5.19. The maximum absolute atomic E-state index is 11.8. The van der Waals surface area contributed by atoms with Gasteiger partial charge < -0.3 is 9.90 Å². The van der Waals surface area contributed by atoms with Crippen molar-refractivity contribution in [3.8, 4) is 0 Å². The van der Waals surface area contributed by atoms with Crippen LogP contribution in [-0.2, 0) is 16.6 Å². The van der Waals surface area contributed by atoms with Crippen molar-refractivity contribution >= 4 is 29.7 Å². The normalized spacial score (nSPS) is 22.7. The van der Waals surface area contributed by atoms with E-state index in [-0.39, 0.29) is 46.5 Å². The molecule has 92 valence electrons. The van der Waals surface area contributed by atoms with Crippen LogP contribution in [0.3, 0.4) is 0 Å². The fraction of sp³-hybridized carbons (Fsp3) is 0.182. The minimum absolute atomic E-state index is 0. The Hall–Kier alpha value is -1.02. The number of rotatable bonds is 2. The molecule has 1 amide bonds. The fourth-order valence-electron chi connectivity index (χ4n) is 1.93. The van der Waals surface area contributed by atoms with Crippen LogP contribution in [-0.4, -0.2) is 31.9 Å². The molecule has 1 aromatic rings. The zero-order chi connectivity index (χ0) is 12.9. The van der Waals surface area contributed by atoms with Crippen molar-refractivity contribution in [2.45, 2.75) is 5.37 Å². The molecule has 2 aliphatic rings. The summed E-state index contributed by atoms with van der Waals surface area (Å²) in [5, 5.41) is 16.1. The van der Waals surface area contributed by atoms with E-state index in [1.165, 1.54) is 22.1 Å². The van der Waals surface area contributed by atoms with Crippen molar-refractivity contribution in [1.82, 2.24) is 14.7 Å². The average molecular weight is 285 g/mol. The van der Waals surface area contributed by atoms with Gasteiger partial charge in [-0.25, -0.2) is 0 Å². The molecule has 1 saturated heterocycles. The van der Waals surface area contributed by atoms with Gasteiger partial charge in [0.25, 0.3) is 5.91 Å². The molecule has 8 heteroatoms. The van der Waals surface area contributed by atoms with Crippen molar-refractivity contribution in [1.29, 1.82) is 0 Å². The summed E-state index contributed by atoms with van der Waals surface area (Å²) < 4.78 is 1.64. The number of carboxylic acid groups (broad SMARTS) is 1. The number of amides is 1. The Kier molecular flexibility index (Phi) is 3.91. The zero-order valence-corrected chi connectivity index (χ0v) is 13.2. The number of nitrogens with zero attached hydrogens (tertiary/aromatic N) is 3. The number of hydrogen-bond acceptors (Lipinski definition) is 5.